The van der Waals surface area contributed by atoms with Crippen molar-refractivity contribution >= 4 is 11.6 Å². The summed E-state index contributed by atoms with van der Waals surface area (Å²) in [6.07, 6.45) is 5.14. The quantitative estimate of drug-likeness (QED) is 0.845. The van der Waals surface area contributed by atoms with Gasteiger partial charge < -0.3 is 15.8 Å². The fraction of sp³-hybridized carbons (Fsp3) is 0.588. The van der Waals surface area contributed by atoms with Crippen molar-refractivity contribution in [1.82, 2.24) is 0 Å². The Morgan fingerprint density at radius 3 is 2.86 bits per heavy atom. The molecule has 0 aliphatic heterocycles. The number of hydrogen-bond acceptors (Lipinski definition) is 3. The first-order valence-corrected chi connectivity index (χ1v) is 7.84. The maximum absolute atomic E-state index is 10.8. The number of hydrogen-bond donors (Lipinski definition) is 2. The van der Waals surface area contributed by atoms with Crippen LogP contribution >= 0.6 is 0 Å². The van der Waals surface area contributed by atoms with Crippen molar-refractivity contribution in [1.29, 1.82) is 0 Å². The van der Waals surface area contributed by atoms with Crippen LogP contribution in [-0.2, 0) is 4.79 Å². The zero-order valence-corrected chi connectivity index (χ0v) is 13.0. The summed E-state index contributed by atoms with van der Waals surface area (Å²) in [5.41, 5.74) is 6.15. The van der Waals surface area contributed by atoms with E-state index in [1.807, 2.05) is 24.3 Å². The largest absolute Gasteiger partial charge is 0.484 e. The summed E-state index contributed by atoms with van der Waals surface area (Å²) in [6.45, 7) is 4.52. The molecule has 0 aromatic heterocycles. The maximum Gasteiger partial charge on any atom is 0.255 e. The molecule has 0 heterocycles. The normalized spacial score (nSPS) is 22.0. The average Bonchev–Trinajstić information content (AvgIpc) is 2.46. The van der Waals surface area contributed by atoms with Gasteiger partial charge in [0.2, 0.25) is 0 Å². The highest BCUT2D eigenvalue weighted by atomic mass is 16.5. The van der Waals surface area contributed by atoms with Gasteiger partial charge in [0, 0.05) is 17.8 Å². The molecule has 0 spiro atoms. The molecule has 0 saturated heterocycles. The lowest BCUT2D eigenvalue weighted by Crippen LogP contribution is -2.35. The van der Waals surface area contributed by atoms with Crippen LogP contribution in [0, 0.1) is 11.8 Å². The van der Waals surface area contributed by atoms with Crippen LogP contribution in [0.15, 0.2) is 24.3 Å². The smallest absolute Gasteiger partial charge is 0.255 e. The molecule has 1 aromatic carbocycles. The molecule has 1 saturated carbocycles. The Morgan fingerprint density at radius 1 is 1.38 bits per heavy atom. The first kappa shape index (κ1) is 15.7. The van der Waals surface area contributed by atoms with Crippen LogP contribution in [0.1, 0.15) is 39.5 Å². The first-order valence-electron chi connectivity index (χ1n) is 7.84. The number of nitrogens with one attached hydrogen (secondary N) is 1. The topological polar surface area (TPSA) is 64.3 Å². The van der Waals surface area contributed by atoms with E-state index < -0.39 is 5.91 Å². The van der Waals surface area contributed by atoms with Crippen LogP contribution in [0.4, 0.5) is 5.69 Å². The number of carbonyl (C=O) groups excluding carboxylic acids is 1. The second-order valence-corrected chi connectivity index (χ2v) is 6.23. The highest BCUT2D eigenvalue weighted by Crippen LogP contribution is 2.32. The molecule has 2 unspecified atom stereocenters. The first-order chi connectivity index (χ1) is 10.1. The summed E-state index contributed by atoms with van der Waals surface area (Å²) >= 11 is 0. The van der Waals surface area contributed by atoms with Crippen LogP contribution in [0.5, 0.6) is 5.75 Å². The molecule has 116 valence electrons. The standard InChI is InChI=1S/C17H26N2O2/c1-12(2)15-8-3-4-9-16(15)19-13-6-5-7-14(10-13)21-11-17(18)20/h5-7,10,12,15-16,19H,3-4,8-9,11H2,1-2H3,(H2,18,20). The van der Waals surface area contributed by atoms with Gasteiger partial charge in [-0.2, -0.15) is 0 Å². The number of benzene rings is 1. The molecule has 4 heteroatoms. The number of anilines is 1. The molecule has 1 aliphatic carbocycles. The highest BCUT2D eigenvalue weighted by Gasteiger charge is 2.27. The molecule has 1 amide bonds. The zero-order chi connectivity index (χ0) is 15.2. The van der Waals surface area contributed by atoms with E-state index in [2.05, 4.69) is 19.2 Å². The molecule has 1 aromatic rings. The van der Waals surface area contributed by atoms with Crippen molar-refractivity contribution in [3.05, 3.63) is 24.3 Å². The SMILES string of the molecule is CC(C)C1CCCCC1Nc1cccc(OCC(N)=O)c1. The lowest BCUT2D eigenvalue weighted by Gasteiger charge is -2.35. The van der Waals surface area contributed by atoms with Crippen LogP contribution < -0.4 is 15.8 Å². The van der Waals surface area contributed by atoms with Gasteiger partial charge in [-0.1, -0.05) is 32.8 Å². The van der Waals surface area contributed by atoms with E-state index in [1.165, 1.54) is 25.7 Å². The summed E-state index contributed by atoms with van der Waals surface area (Å²) in [7, 11) is 0. The Balaban J connectivity index is 2.00. The molecule has 2 rings (SSSR count). The molecule has 21 heavy (non-hydrogen) atoms. The second-order valence-electron chi connectivity index (χ2n) is 6.23. The predicted octanol–water partition coefficient (Wildman–Crippen LogP) is 3.18. The van der Waals surface area contributed by atoms with Crippen LogP contribution in [0.2, 0.25) is 0 Å². The van der Waals surface area contributed by atoms with E-state index in [4.69, 9.17) is 10.5 Å². The highest BCUT2D eigenvalue weighted by molar-refractivity contribution is 5.75. The predicted molar refractivity (Wildman–Crippen MR) is 85.3 cm³/mol. The lowest BCUT2D eigenvalue weighted by atomic mass is 9.78. The molecule has 0 radical (unpaired) electrons. The molecular formula is C17H26N2O2. The fourth-order valence-electron chi connectivity index (χ4n) is 3.18. The lowest BCUT2D eigenvalue weighted by molar-refractivity contribution is -0.119. The van der Waals surface area contributed by atoms with E-state index in [-0.39, 0.29) is 6.61 Å². The van der Waals surface area contributed by atoms with Gasteiger partial charge >= 0.3 is 0 Å². The van der Waals surface area contributed by atoms with Crippen molar-refractivity contribution < 1.29 is 9.53 Å². The van der Waals surface area contributed by atoms with Gasteiger partial charge in [-0.3, -0.25) is 4.79 Å². The van der Waals surface area contributed by atoms with Crippen molar-refractivity contribution in [2.75, 3.05) is 11.9 Å². The summed E-state index contributed by atoms with van der Waals surface area (Å²) < 4.78 is 5.36. The minimum absolute atomic E-state index is 0.0818. The van der Waals surface area contributed by atoms with E-state index in [9.17, 15) is 4.79 Å². The van der Waals surface area contributed by atoms with Gasteiger partial charge in [0.05, 0.1) is 0 Å². The Kier molecular flexibility index (Phi) is 5.48. The van der Waals surface area contributed by atoms with E-state index in [1.54, 1.807) is 0 Å². The third-order valence-corrected chi connectivity index (χ3v) is 4.24. The van der Waals surface area contributed by atoms with Crippen molar-refractivity contribution in [2.24, 2.45) is 17.6 Å². The summed E-state index contributed by atoms with van der Waals surface area (Å²) in [4.78, 5) is 10.8. The van der Waals surface area contributed by atoms with Crippen molar-refractivity contribution in [2.45, 2.75) is 45.6 Å². The maximum atomic E-state index is 10.8. The third-order valence-electron chi connectivity index (χ3n) is 4.24. The zero-order valence-electron chi connectivity index (χ0n) is 13.0. The Morgan fingerprint density at radius 2 is 2.14 bits per heavy atom. The van der Waals surface area contributed by atoms with E-state index in [0.717, 1.165) is 5.69 Å². The van der Waals surface area contributed by atoms with E-state index in [0.29, 0.717) is 23.6 Å². The van der Waals surface area contributed by atoms with Gasteiger partial charge in [-0.25, -0.2) is 0 Å². The number of amides is 1. The monoisotopic (exact) mass is 290 g/mol. The molecule has 0 bridgehead atoms. The van der Waals surface area contributed by atoms with Gasteiger partial charge in [-0.15, -0.1) is 0 Å². The van der Waals surface area contributed by atoms with Gasteiger partial charge in [0.1, 0.15) is 5.75 Å². The summed E-state index contributed by atoms with van der Waals surface area (Å²) in [6, 6.07) is 8.28. The Hall–Kier alpha value is -1.71. The van der Waals surface area contributed by atoms with Crippen LogP contribution in [-0.4, -0.2) is 18.6 Å². The molecule has 3 N–H and O–H groups in total. The minimum Gasteiger partial charge on any atom is -0.484 e. The Labute approximate surface area is 127 Å². The summed E-state index contributed by atoms with van der Waals surface area (Å²) in [5.74, 6) is 1.63. The number of nitrogens with two attached hydrogens (primary N) is 1. The number of carbonyl (C=O) groups is 1. The molecule has 1 aliphatic rings. The minimum atomic E-state index is -0.458. The molecule has 2 atom stereocenters. The molecular weight excluding hydrogens is 264 g/mol. The van der Waals surface area contributed by atoms with Gasteiger partial charge in [0.25, 0.3) is 5.91 Å². The number of primary amides is 1. The van der Waals surface area contributed by atoms with Crippen molar-refractivity contribution in [3.63, 3.8) is 0 Å². The summed E-state index contributed by atoms with van der Waals surface area (Å²) in [5, 5.41) is 3.64. The van der Waals surface area contributed by atoms with Crippen molar-refractivity contribution in [3.8, 4) is 5.75 Å². The molecule has 1 fully saturated rings. The van der Waals surface area contributed by atoms with Gasteiger partial charge in [0.15, 0.2) is 6.61 Å². The Bertz CT molecular complexity index is 474. The van der Waals surface area contributed by atoms with Gasteiger partial charge in [-0.05, 0) is 36.8 Å². The van der Waals surface area contributed by atoms with Crippen LogP contribution in [0.3, 0.4) is 0 Å². The number of rotatable bonds is 6. The number of ether oxygens (including phenoxy) is 1. The second kappa shape index (κ2) is 7.34. The average molecular weight is 290 g/mol. The fourth-order valence-corrected chi connectivity index (χ4v) is 3.18. The third kappa shape index (κ3) is 4.66. The molecule has 4 nitrogen and oxygen atoms in total. The van der Waals surface area contributed by atoms with E-state index >= 15 is 0 Å². The van der Waals surface area contributed by atoms with Crippen LogP contribution in [0.25, 0.3) is 0 Å².